The molecule has 1 atom stereocenters. The zero-order valence-corrected chi connectivity index (χ0v) is 10.3. The summed E-state index contributed by atoms with van der Waals surface area (Å²) in [4.78, 5) is 16.0. The first kappa shape index (κ1) is 13.0. The maximum atomic E-state index is 11.8. The van der Waals surface area contributed by atoms with Crippen LogP contribution < -0.4 is 5.32 Å². The second-order valence-corrected chi connectivity index (χ2v) is 4.45. The summed E-state index contributed by atoms with van der Waals surface area (Å²) >= 11 is 0. The molecule has 100 valence electrons. The van der Waals surface area contributed by atoms with Gasteiger partial charge in [0.1, 0.15) is 5.82 Å². The number of hydrogen-bond acceptors (Lipinski definition) is 5. The SMILES string of the molecule is COCCC(CO)NC(=O)c1n[nH]c(C2CC2)n1. The van der Waals surface area contributed by atoms with E-state index in [-0.39, 0.29) is 24.4 Å². The fraction of sp³-hybridized carbons (Fsp3) is 0.727. The third-order valence-corrected chi connectivity index (χ3v) is 2.90. The Morgan fingerprint density at radius 2 is 2.44 bits per heavy atom. The second-order valence-electron chi connectivity index (χ2n) is 4.45. The van der Waals surface area contributed by atoms with Gasteiger partial charge in [-0.2, -0.15) is 0 Å². The Kier molecular flexibility index (Phi) is 4.27. The Bertz CT molecular complexity index is 403. The molecule has 1 aromatic heterocycles. The number of carbonyl (C=O) groups is 1. The number of carbonyl (C=O) groups excluding carboxylic acids is 1. The van der Waals surface area contributed by atoms with Crippen LogP contribution in [-0.4, -0.2) is 52.6 Å². The predicted molar refractivity (Wildman–Crippen MR) is 63.2 cm³/mol. The summed E-state index contributed by atoms with van der Waals surface area (Å²) in [7, 11) is 1.58. The van der Waals surface area contributed by atoms with Crippen molar-refractivity contribution in [3.05, 3.63) is 11.6 Å². The van der Waals surface area contributed by atoms with Gasteiger partial charge in [0.15, 0.2) is 0 Å². The van der Waals surface area contributed by atoms with E-state index >= 15 is 0 Å². The number of rotatable bonds is 7. The van der Waals surface area contributed by atoms with Crippen molar-refractivity contribution in [3.63, 3.8) is 0 Å². The molecule has 0 saturated heterocycles. The van der Waals surface area contributed by atoms with Gasteiger partial charge in [0.25, 0.3) is 5.91 Å². The summed E-state index contributed by atoms with van der Waals surface area (Å²) in [6, 6.07) is -0.333. The third-order valence-electron chi connectivity index (χ3n) is 2.90. The lowest BCUT2D eigenvalue weighted by Gasteiger charge is -2.14. The second kappa shape index (κ2) is 5.92. The quantitative estimate of drug-likeness (QED) is 0.626. The zero-order valence-electron chi connectivity index (χ0n) is 10.3. The normalized spacial score (nSPS) is 16.6. The highest BCUT2D eigenvalue weighted by atomic mass is 16.5. The number of nitrogens with one attached hydrogen (secondary N) is 2. The Morgan fingerprint density at radius 3 is 3.06 bits per heavy atom. The number of ether oxygens (including phenoxy) is 1. The van der Waals surface area contributed by atoms with Gasteiger partial charge < -0.3 is 15.2 Å². The molecule has 2 rings (SSSR count). The molecule has 1 aliphatic carbocycles. The van der Waals surface area contributed by atoms with Gasteiger partial charge in [0.05, 0.1) is 12.6 Å². The van der Waals surface area contributed by atoms with Crippen molar-refractivity contribution in [3.8, 4) is 0 Å². The van der Waals surface area contributed by atoms with Gasteiger partial charge in [0, 0.05) is 19.6 Å². The van der Waals surface area contributed by atoms with Crippen molar-refractivity contribution >= 4 is 5.91 Å². The molecule has 1 amide bonds. The maximum Gasteiger partial charge on any atom is 0.291 e. The minimum absolute atomic E-state index is 0.130. The molecule has 1 heterocycles. The first-order valence-corrected chi connectivity index (χ1v) is 6.07. The molecule has 0 aliphatic heterocycles. The minimum Gasteiger partial charge on any atom is -0.394 e. The largest absolute Gasteiger partial charge is 0.394 e. The minimum atomic E-state index is -0.367. The molecule has 0 aromatic carbocycles. The van der Waals surface area contributed by atoms with Gasteiger partial charge in [-0.15, -0.1) is 5.10 Å². The van der Waals surface area contributed by atoms with Crippen LogP contribution in [0.5, 0.6) is 0 Å². The standard InChI is InChI=1S/C11H18N4O3/c1-18-5-4-8(6-16)12-11(17)10-13-9(14-15-10)7-2-3-7/h7-8,16H,2-6H2,1H3,(H,12,17)(H,13,14,15). The van der Waals surface area contributed by atoms with E-state index in [1.807, 2.05) is 0 Å². The van der Waals surface area contributed by atoms with Crippen molar-refractivity contribution < 1.29 is 14.6 Å². The fourth-order valence-electron chi connectivity index (χ4n) is 1.63. The number of aromatic amines is 1. The average molecular weight is 254 g/mol. The summed E-state index contributed by atoms with van der Waals surface area (Å²) in [6.07, 6.45) is 2.76. The van der Waals surface area contributed by atoms with E-state index in [0.717, 1.165) is 18.7 Å². The van der Waals surface area contributed by atoms with Crippen LogP contribution in [0.1, 0.15) is 41.6 Å². The monoisotopic (exact) mass is 254 g/mol. The predicted octanol–water partition coefficient (Wildman–Crippen LogP) is -0.191. The van der Waals surface area contributed by atoms with Crippen molar-refractivity contribution in [2.75, 3.05) is 20.3 Å². The summed E-state index contributed by atoms with van der Waals surface area (Å²) < 4.78 is 4.91. The highest BCUT2D eigenvalue weighted by molar-refractivity contribution is 5.90. The molecule has 7 heteroatoms. The molecule has 1 unspecified atom stereocenters. The molecular weight excluding hydrogens is 236 g/mol. The molecular formula is C11H18N4O3. The Hall–Kier alpha value is -1.47. The molecule has 1 fully saturated rings. The van der Waals surface area contributed by atoms with Crippen LogP contribution in [-0.2, 0) is 4.74 Å². The number of H-pyrrole nitrogens is 1. The number of amides is 1. The molecule has 0 radical (unpaired) electrons. The molecule has 1 aromatic rings. The van der Waals surface area contributed by atoms with Crippen LogP contribution in [0.15, 0.2) is 0 Å². The van der Waals surface area contributed by atoms with E-state index in [4.69, 9.17) is 9.84 Å². The summed E-state index contributed by atoms with van der Waals surface area (Å²) in [5, 5.41) is 18.5. The van der Waals surface area contributed by atoms with Gasteiger partial charge >= 0.3 is 0 Å². The maximum absolute atomic E-state index is 11.8. The molecule has 1 aliphatic rings. The topological polar surface area (TPSA) is 100 Å². The zero-order chi connectivity index (χ0) is 13.0. The third kappa shape index (κ3) is 3.27. The molecule has 0 spiro atoms. The Labute approximate surface area is 105 Å². The molecule has 7 nitrogen and oxygen atoms in total. The fourth-order valence-corrected chi connectivity index (χ4v) is 1.63. The highest BCUT2D eigenvalue weighted by Crippen LogP contribution is 2.37. The lowest BCUT2D eigenvalue weighted by atomic mass is 10.2. The first-order chi connectivity index (χ1) is 8.74. The van der Waals surface area contributed by atoms with E-state index in [9.17, 15) is 4.79 Å². The van der Waals surface area contributed by atoms with Crippen molar-refractivity contribution in [1.82, 2.24) is 20.5 Å². The number of methoxy groups -OCH3 is 1. The number of hydrogen-bond donors (Lipinski definition) is 3. The van der Waals surface area contributed by atoms with E-state index < -0.39 is 0 Å². The summed E-state index contributed by atoms with van der Waals surface area (Å²) in [5.74, 6) is 0.972. The van der Waals surface area contributed by atoms with Crippen LogP contribution in [0.2, 0.25) is 0 Å². The van der Waals surface area contributed by atoms with E-state index in [1.165, 1.54) is 0 Å². The van der Waals surface area contributed by atoms with Crippen LogP contribution >= 0.6 is 0 Å². The smallest absolute Gasteiger partial charge is 0.291 e. The molecule has 1 saturated carbocycles. The van der Waals surface area contributed by atoms with Gasteiger partial charge in [-0.05, 0) is 19.3 Å². The molecule has 18 heavy (non-hydrogen) atoms. The summed E-state index contributed by atoms with van der Waals surface area (Å²) in [5.41, 5.74) is 0. The average Bonchev–Trinajstić information content (AvgIpc) is 3.12. The number of aliphatic hydroxyl groups is 1. The van der Waals surface area contributed by atoms with Crippen LogP contribution in [0.3, 0.4) is 0 Å². The summed E-state index contributed by atoms with van der Waals surface area (Å²) in [6.45, 7) is 0.349. The molecule has 3 N–H and O–H groups in total. The van der Waals surface area contributed by atoms with Gasteiger partial charge in [-0.3, -0.25) is 9.89 Å². The van der Waals surface area contributed by atoms with Crippen LogP contribution in [0.4, 0.5) is 0 Å². The highest BCUT2D eigenvalue weighted by Gasteiger charge is 2.28. The number of nitrogens with zero attached hydrogens (tertiary/aromatic N) is 2. The van der Waals surface area contributed by atoms with Crippen molar-refractivity contribution in [1.29, 1.82) is 0 Å². The van der Waals surface area contributed by atoms with Crippen LogP contribution in [0, 0.1) is 0 Å². The van der Waals surface area contributed by atoms with E-state index in [1.54, 1.807) is 7.11 Å². The number of aliphatic hydroxyl groups excluding tert-OH is 1. The molecule has 0 bridgehead atoms. The van der Waals surface area contributed by atoms with Crippen molar-refractivity contribution in [2.24, 2.45) is 0 Å². The lowest BCUT2D eigenvalue weighted by Crippen LogP contribution is -2.38. The van der Waals surface area contributed by atoms with Crippen molar-refractivity contribution in [2.45, 2.75) is 31.2 Å². The van der Waals surface area contributed by atoms with Crippen LogP contribution in [0.25, 0.3) is 0 Å². The lowest BCUT2D eigenvalue weighted by molar-refractivity contribution is 0.0885. The van der Waals surface area contributed by atoms with Gasteiger partial charge in [-0.1, -0.05) is 0 Å². The number of aromatic nitrogens is 3. The van der Waals surface area contributed by atoms with Gasteiger partial charge in [-0.25, -0.2) is 4.98 Å². The van der Waals surface area contributed by atoms with Gasteiger partial charge in [0.2, 0.25) is 5.82 Å². The Balaban J connectivity index is 1.88. The first-order valence-electron chi connectivity index (χ1n) is 6.07. The van der Waals surface area contributed by atoms with E-state index in [2.05, 4.69) is 20.5 Å². The van der Waals surface area contributed by atoms with E-state index in [0.29, 0.717) is 18.9 Å². The Morgan fingerprint density at radius 1 is 1.67 bits per heavy atom.